The van der Waals surface area contributed by atoms with E-state index in [1.165, 1.54) is 12.8 Å². The molecule has 0 fully saturated rings. The van der Waals surface area contributed by atoms with Crippen molar-refractivity contribution in [1.82, 2.24) is 0 Å². The van der Waals surface area contributed by atoms with Crippen LogP contribution in [-0.2, 0) is 8.85 Å². The lowest BCUT2D eigenvalue weighted by Crippen LogP contribution is -2.27. The fraction of sp³-hybridized carbons (Fsp3) is 1.00. The lowest BCUT2D eigenvalue weighted by Gasteiger charge is -2.17. The van der Waals surface area contributed by atoms with E-state index in [9.17, 15) is 0 Å². The highest BCUT2D eigenvalue weighted by atomic mass is 28.3. The molecule has 0 saturated carbocycles. The second kappa shape index (κ2) is 11.6. The average Bonchev–Trinajstić information content (AvgIpc) is 2.25. The zero-order chi connectivity index (χ0) is 12.2. The summed E-state index contributed by atoms with van der Waals surface area (Å²) in [5.41, 5.74) is 5.76. The smallest absolute Gasteiger partial charge is 0.321 e. The Morgan fingerprint density at radius 3 is 1.94 bits per heavy atom. The molecule has 0 aromatic heterocycles. The van der Waals surface area contributed by atoms with Crippen LogP contribution in [0.1, 0.15) is 52.9 Å². The van der Waals surface area contributed by atoms with Crippen molar-refractivity contribution in [2.24, 2.45) is 5.73 Å². The Bertz CT molecular complexity index is 135. The van der Waals surface area contributed by atoms with Crippen molar-refractivity contribution in [3.63, 3.8) is 0 Å². The minimum absolute atomic E-state index is 0.263. The summed E-state index contributed by atoms with van der Waals surface area (Å²) in [6.45, 7) is 8.13. The molecule has 0 bridgehead atoms. The number of hydrogen-bond acceptors (Lipinski definition) is 3. The molecule has 2 N–H and O–H groups in total. The van der Waals surface area contributed by atoms with Crippen LogP contribution in [0.2, 0.25) is 6.04 Å². The molecule has 0 aromatic carbocycles. The molecule has 16 heavy (non-hydrogen) atoms. The van der Waals surface area contributed by atoms with Crippen LogP contribution in [0.25, 0.3) is 0 Å². The van der Waals surface area contributed by atoms with Gasteiger partial charge in [0.1, 0.15) is 0 Å². The van der Waals surface area contributed by atoms with Crippen molar-refractivity contribution in [2.45, 2.75) is 65.0 Å². The number of rotatable bonds is 11. The summed E-state index contributed by atoms with van der Waals surface area (Å²) in [7, 11) is -1.43. The lowest BCUT2D eigenvalue weighted by molar-refractivity contribution is 0.190. The molecular weight excluding hydrogens is 218 g/mol. The standard InChI is InChI=1S/C12H29NO2Si/c1-4-6-9-14-16(11-8-12(3)13)15-10-7-5-2/h12,16H,4-11,13H2,1-3H3. The highest BCUT2D eigenvalue weighted by Crippen LogP contribution is 2.06. The molecule has 0 amide bonds. The van der Waals surface area contributed by atoms with E-state index in [-0.39, 0.29) is 6.04 Å². The van der Waals surface area contributed by atoms with E-state index in [2.05, 4.69) is 13.8 Å². The summed E-state index contributed by atoms with van der Waals surface area (Å²) in [6.07, 6.45) is 5.67. The molecular formula is C12H29NO2Si. The zero-order valence-corrected chi connectivity index (χ0v) is 12.4. The topological polar surface area (TPSA) is 44.5 Å². The van der Waals surface area contributed by atoms with E-state index in [0.717, 1.165) is 38.5 Å². The van der Waals surface area contributed by atoms with Gasteiger partial charge in [0.15, 0.2) is 0 Å². The van der Waals surface area contributed by atoms with Gasteiger partial charge in [-0.3, -0.25) is 0 Å². The summed E-state index contributed by atoms with van der Waals surface area (Å²) in [5, 5.41) is 0. The second-order valence-corrected chi connectivity index (χ2v) is 6.54. The Morgan fingerprint density at radius 1 is 1.06 bits per heavy atom. The Morgan fingerprint density at radius 2 is 1.56 bits per heavy atom. The molecule has 0 aliphatic heterocycles. The highest BCUT2D eigenvalue weighted by Gasteiger charge is 2.13. The minimum Gasteiger partial charge on any atom is -0.397 e. The monoisotopic (exact) mass is 247 g/mol. The van der Waals surface area contributed by atoms with Crippen LogP contribution >= 0.6 is 0 Å². The van der Waals surface area contributed by atoms with Gasteiger partial charge < -0.3 is 14.6 Å². The van der Waals surface area contributed by atoms with Crippen molar-refractivity contribution >= 4 is 9.28 Å². The summed E-state index contributed by atoms with van der Waals surface area (Å²) >= 11 is 0. The fourth-order valence-electron chi connectivity index (χ4n) is 1.33. The predicted molar refractivity (Wildman–Crippen MR) is 71.9 cm³/mol. The van der Waals surface area contributed by atoms with Gasteiger partial charge in [-0.2, -0.15) is 0 Å². The summed E-state index contributed by atoms with van der Waals surface area (Å²) in [6, 6.07) is 1.31. The Kier molecular flexibility index (Phi) is 11.6. The molecule has 1 atom stereocenters. The van der Waals surface area contributed by atoms with E-state index in [1.807, 2.05) is 6.92 Å². The molecule has 4 heteroatoms. The first-order valence-electron chi connectivity index (χ1n) is 6.69. The quantitative estimate of drug-likeness (QED) is 0.451. The molecule has 0 heterocycles. The molecule has 98 valence electrons. The van der Waals surface area contributed by atoms with E-state index < -0.39 is 9.28 Å². The van der Waals surface area contributed by atoms with E-state index in [1.54, 1.807) is 0 Å². The predicted octanol–water partition coefficient (Wildman–Crippen LogP) is 2.58. The molecule has 0 saturated heterocycles. The average molecular weight is 247 g/mol. The lowest BCUT2D eigenvalue weighted by atomic mass is 10.3. The van der Waals surface area contributed by atoms with Gasteiger partial charge >= 0.3 is 9.28 Å². The van der Waals surface area contributed by atoms with Crippen molar-refractivity contribution in [3.05, 3.63) is 0 Å². The molecule has 0 rings (SSSR count). The number of nitrogens with two attached hydrogens (primary N) is 1. The minimum atomic E-state index is -1.43. The van der Waals surface area contributed by atoms with E-state index in [4.69, 9.17) is 14.6 Å². The Balaban J connectivity index is 3.67. The van der Waals surface area contributed by atoms with Gasteiger partial charge in [-0.25, -0.2) is 0 Å². The molecule has 0 aromatic rings. The Labute approximate surface area is 103 Å². The second-order valence-electron chi connectivity index (χ2n) is 4.43. The normalized spacial score (nSPS) is 13.3. The van der Waals surface area contributed by atoms with Gasteiger partial charge in [-0.1, -0.05) is 26.7 Å². The molecule has 0 aliphatic carbocycles. The van der Waals surface area contributed by atoms with Crippen molar-refractivity contribution in [1.29, 1.82) is 0 Å². The molecule has 3 nitrogen and oxygen atoms in total. The van der Waals surface area contributed by atoms with Crippen LogP contribution in [0, 0.1) is 0 Å². The van der Waals surface area contributed by atoms with Crippen LogP contribution in [0.15, 0.2) is 0 Å². The number of unbranched alkanes of at least 4 members (excludes halogenated alkanes) is 2. The fourth-order valence-corrected chi connectivity index (χ4v) is 3.42. The maximum Gasteiger partial charge on any atom is 0.321 e. The maximum absolute atomic E-state index is 5.84. The summed E-state index contributed by atoms with van der Waals surface area (Å²) in [5.74, 6) is 0. The van der Waals surface area contributed by atoms with E-state index >= 15 is 0 Å². The van der Waals surface area contributed by atoms with Crippen molar-refractivity contribution < 1.29 is 8.85 Å². The van der Waals surface area contributed by atoms with Crippen LogP contribution in [0.5, 0.6) is 0 Å². The summed E-state index contributed by atoms with van der Waals surface area (Å²) < 4.78 is 11.7. The Hall–Kier alpha value is 0.0969. The molecule has 0 aliphatic rings. The first-order valence-corrected chi connectivity index (χ1v) is 8.45. The van der Waals surface area contributed by atoms with Crippen LogP contribution in [-0.4, -0.2) is 28.5 Å². The third kappa shape index (κ3) is 10.6. The van der Waals surface area contributed by atoms with Gasteiger partial charge in [0.25, 0.3) is 0 Å². The number of hydrogen-bond donors (Lipinski definition) is 1. The van der Waals surface area contributed by atoms with Gasteiger partial charge in [-0.15, -0.1) is 0 Å². The first kappa shape index (κ1) is 16.1. The van der Waals surface area contributed by atoms with Crippen molar-refractivity contribution in [2.75, 3.05) is 13.2 Å². The van der Waals surface area contributed by atoms with Crippen LogP contribution < -0.4 is 5.73 Å². The summed E-state index contributed by atoms with van der Waals surface area (Å²) in [4.78, 5) is 0. The molecule has 0 radical (unpaired) electrons. The highest BCUT2D eigenvalue weighted by molar-refractivity contribution is 6.44. The first-order chi connectivity index (χ1) is 7.70. The third-order valence-corrected chi connectivity index (χ3v) is 4.48. The maximum atomic E-state index is 5.84. The zero-order valence-electron chi connectivity index (χ0n) is 11.2. The van der Waals surface area contributed by atoms with E-state index in [0.29, 0.717) is 0 Å². The van der Waals surface area contributed by atoms with Gasteiger partial charge in [0.2, 0.25) is 0 Å². The largest absolute Gasteiger partial charge is 0.397 e. The molecule has 1 unspecified atom stereocenters. The van der Waals surface area contributed by atoms with Crippen molar-refractivity contribution in [3.8, 4) is 0 Å². The van der Waals surface area contributed by atoms with Gasteiger partial charge in [0.05, 0.1) is 0 Å². The SMILES string of the molecule is CCCCO[SiH](CCC(C)N)OCCCC. The van der Waals surface area contributed by atoms with Gasteiger partial charge in [0, 0.05) is 19.3 Å². The third-order valence-electron chi connectivity index (χ3n) is 2.46. The van der Waals surface area contributed by atoms with Gasteiger partial charge in [-0.05, 0) is 32.2 Å². The van der Waals surface area contributed by atoms with Crippen LogP contribution in [0.3, 0.4) is 0 Å². The molecule has 0 spiro atoms. The van der Waals surface area contributed by atoms with Crippen LogP contribution in [0.4, 0.5) is 0 Å².